The predicted molar refractivity (Wildman–Crippen MR) is 88.7 cm³/mol. The van der Waals surface area contributed by atoms with Gasteiger partial charge in [0.1, 0.15) is 5.56 Å². The summed E-state index contributed by atoms with van der Waals surface area (Å²) >= 11 is 0. The standard InChI is InChI=1S/C18H19NO5/c1-4-15-13(17(21)23-3)11-14(18(22)24-5-2)16(20)19(15)12-9-7-6-8-10-12/h6-11H,4-5H2,1-3H3. The lowest BCUT2D eigenvalue weighted by molar-refractivity contribution is 0.0523. The van der Waals surface area contributed by atoms with E-state index in [1.807, 2.05) is 13.0 Å². The second-order valence-electron chi connectivity index (χ2n) is 4.96. The molecule has 0 atom stereocenters. The fraction of sp³-hybridized carbons (Fsp3) is 0.278. The number of para-hydroxylation sites is 1. The zero-order valence-electron chi connectivity index (χ0n) is 13.9. The van der Waals surface area contributed by atoms with Crippen molar-refractivity contribution in [3.05, 3.63) is 63.6 Å². The van der Waals surface area contributed by atoms with Crippen LogP contribution >= 0.6 is 0 Å². The van der Waals surface area contributed by atoms with Crippen molar-refractivity contribution in [3.63, 3.8) is 0 Å². The van der Waals surface area contributed by atoms with Crippen molar-refractivity contribution in [2.75, 3.05) is 13.7 Å². The average Bonchev–Trinajstić information content (AvgIpc) is 2.61. The Morgan fingerprint density at radius 1 is 1.04 bits per heavy atom. The lowest BCUT2D eigenvalue weighted by Gasteiger charge is -2.17. The van der Waals surface area contributed by atoms with E-state index in [0.29, 0.717) is 17.8 Å². The van der Waals surface area contributed by atoms with Gasteiger partial charge >= 0.3 is 11.9 Å². The molecule has 0 saturated heterocycles. The second-order valence-corrected chi connectivity index (χ2v) is 4.96. The molecule has 1 aromatic heterocycles. The van der Waals surface area contributed by atoms with Gasteiger partial charge in [0.05, 0.1) is 19.3 Å². The van der Waals surface area contributed by atoms with Crippen molar-refractivity contribution in [1.82, 2.24) is 4.57 Å². The number of hydrogen-bond acceptors (Lipinski definition) is 5. The van der Waals surface area contributed by atoms with Gasteiger partial charge in [0.15, 0.2) is 0 Å². The van der Waals surface area contributed by atoms with Crippen LogP contribution in [0.15, 0.2) is 41.2 Å². The molecule has 1 aromatic carbocycles. The minimum atomic E-state index is -0.764. The van der Waals surface area contributed by atoms with Crippen LogP contribution in [0.1, 0.15) is 40.3 Å². The Morgan fingerprint density at radius 2 is 1.71 bits per heavy atom. The third kappa shape index (κ3) is 3.22. The fourth-order valence-electron chi connectivity index (χ4n) is 2.49. The van der Waals surface area contributed by atoms with E-state index >= 15 is 0 Å². The summed E-state index contributed by atoms with van der Waals surface area (Å²) in [4.78, 5) is 37.1. The molecular formula is C18H19NO5. The molecule has 1 heterocycles. The number of esters is 2. The summed E-state index contributed by atoms with van der Waals surface area (Å²) in [6.07, 6.45) is 0.414. The highest BCUT2D eigenvalue weighted by Gasteiger charge is 2.23. The number of rotatable bonds is 5. The topological polar surface area (TPSA) is 74.6 Å². The molecule has 0 aliphatic rings. The molecule has 0 aliphatic carbocycles. The lowest BCUT2D eigenvalue weighted by Crippen LogP contribution is -2.31. The van der Waals surface area contributed by atoms with Gasteiger partial charge in [-0.1, -0.05) is 25.1 Å². The van der Waals surface area contributed by atoms with E-state index in [4.69, 9.17) is 9.47 Å². The van der Waals surface area contributed by atoms with Gasteiger partial charge in [0.2, 0.25) is 0 Å². The van der Waals surface area contributed by atoms with Crippen LogP contribution in [-0.2, 0) is 15.9 Å². The fourth-order valence-corrected chi connectivity index (χ4v) is 2.49. The Bertz CT molecular complexity index is 808. The Balaban J connectivity index is 2.84. The molecule has 0 amide bonds. The number of pyridine rings is 1. The SMILES string of the molecule is CCOC(=O)c1cc(C(=O)OC)c(CC)n(-c2ccccc2)c1=O. The number of benzene rings is 1. The smallest absolute Gasteiger partial charge is 0.343 e. The average molecular weight is 329 g/mol. The van der Waals surface area contributed by atoms with Gasteiger partial charge in [0.25, 0.3) is 5.56 Å². The molecule has 6 heteroatoms. The Kier molecular flexibility index (Phi) is 5.52. The Labute approximate surface area is 139 Å². The van der Waals surface area contributed by atoms with E-state index in [1.54, 1.807) is 31.2 Å². The van der Waals surface area contributed by atoms with Crippen molar-refractivity contribution >= 4 is 11.9 Å². The van der Waals surface area contributed by atoms with E-state index in [9.17, 15) is 14.4 Å². The molecule has 0 aliphatic heterocycles. The molecule has 2 rings (SSSR count). The monoisotopic (exact) mass is 329 g/mol. The maximum Gasteiger partial charge on any atom is 0.343 e. The van der Waals surface area contributed by atoms with Crippen LogP contribution in [-0.4, -0.2) is 30.2 Å². The molecule has 0 unspecified atom stereocenters. The molecule has 24 heavy (non-hydrogen) atoms. The molecule has 0 fully saturated rings. The van der Waals surface area contributed by atoms with Gasteiger partial charge in [-0.3, -0.25) is 9.36 Å². The van der Waals surface area contributed by atoms with Crippen LogP contribution in [0.25, 0.3) is 5.69 Å². The van der Waals surface area contributed by atoms with Crippen molar-refractivity contribution in [1.29, 1.82) is 0 Å². The predicted octanol–water partition coefficient (Wildman–Crippen LogP) is 2.36. The van der Waals surface area contributed by atoms with Crippen molar-refractivity contribution in [2.24, 2.45) is 0 Å². The molecule has 0 saturated carbocycles. The summed E-state index contributed by atoms with van der Waals surface area (Å²) in [5.74, 6) is -1.37. The third-order valence-corrected chi connectivity index (χ3v) is 3.55. The highest BCUT2D eigenvalue weighted by atomic mass is 16.5. The minimum Gasteiger partial charge on any atom is -0.465 e. The Morgan fingerprint density at radius 3 is 2.25 bits per heavy atom. The quantitative estimate of drug-likeness (QED) is 0.787. The summed E-state index contributed by atoms with van der Waals surface area (Å²) in [6, 6.07) is 10.1. The molecule has 6 nitrogen and oxygen atoms in total. The highest BCUT2D eigenvalue weighted by molar-refractivity contribution is 5.96. The minimum absolute atomic E-state index is 0.132. The van der Waals surface area contributed by atoms with Gasteiger partial charge in [-0.25, -0.2) is 9.59 Å². The van der Waals surface area contributed by atoms with E-state index < -0.39 is 17.5 Å². The summed E-state index contributed by atoms with van der Waals surface area (Å²) in [5.41, 5.74) is 0.496. The molecule has 126 valence electrons. The lowest BCUT2D eigenvalue weighted by atomic mass is 10.1. The van der Waals surface area contributed by atoms with E-state index in [2.05, 4.69) is 0 Å². The van der Waals surface area contributed by atoms with E-state index in [1.165, 1.54) is 17.7 Å². The summed E-state index contributed by atoms with van der Waals surface area (Å²) in [5, 5.41) is 0. The van der Waals surface area contributed by atoms with Crippen LogP contribution < -0.4 is 5.56 Å². The van der Waals surface area contributed by atoms with Crippen LogP contribution in [0.2, 0.25) is 0 Å². The Hall–Kier alpha value is -2.89. The third-order valence-electron chi connectivity index (χ3n) is 3.55. The number of methoxy groups -OCH3 is 1. The first-order valence-electron chi connectivity index (χ1n) is 7.64. The highest BCUT2D eigenvalue weighted by Crippen LogP contribution is 2.17. The molecule has 0 spiro atoms. The first-order valence-corrected chi connectivity index (χ1v) is 7.64. The normalized spacial score (nSPS) is 10.3. The number of carbonyl (C=O) groups is 2. The largest absolute Gasteiger partial charge is 0.465 e. The maximum atomic E-state index is 12.8. The molecule has 0 radical (unpaired) electrons. The summed E-state index contributed by atoms with van der Waals surface area (Å²) in [7, 11) is 1.25. The number of nitrogens with zero attached hydrogens (tertiary/aromatic N) is 1. The van der Waals surface area contributed by atoms with Crippen molar-refractivity contribution in [3.8, 4) is 5.69 Å². The first-order chi connectivity index (χ1) is 11.5. The van der Waals surface area contributed by atoms with Crippen LogP contribution in [0.3, 0.4) is 0 Å². The summed E-state index contributed by atoms with van der Waals surface area (Å²) in [6.45, 7) is 3.60. The molecule has 0 N–H and O–H groups in total. The summed E-state index contributed by atoms with van der Waals surface area (Å²) < 4.78 is 11.1. The molecule has 2 aromatic rings. The molecular weight excluding hydrogens is 310 g/mol. The van der Waals surface area contributed by atoms with E-state index in [0.717, 1.165) is 0 Å². The second kappa shape index (κ2) is 7.59. The first kappa shape index (κ1) is 17.5. The molecule has 0 bridgehead atoms. The number of hydrogen-bond donors (Lipinski definition) is 0. The van der Waals surface area contributed by atoms with Crippen LogP contribution in [0.5, 0.6) is 0 Å². The van der Waals surface area contributed by atoms with Gasteiger partial charge in [-0.2, -0.15) is 0 Å². The zero-order valence-corrected chi connectivity index (χ0v) is 13.9. The van der Waals surface area contributed by atoms with E-state index in [-0.39, 0.29) is 17.7 Å². The zero-order chi connectivity index (χ0) is 17.7. The van der Waals surface area contributed by atoms with Crippen molar-refractivity contribution < 1.29 is 19.1 Å². The van der Waals surface area contributed by atoms with Crippen molar-refractivity contribution in [2.45, 2.75) is 20.3 Å². The van der Waals surface area contributed by atoms with Crippen LogP contribution in [0, 0.1) is 0 Å². The number of ether oxygens (including phenoxy) is 2. The number of carbonyl (C=O) groups excluding carboxylic acids is 2. The van der Waals surface area contributed by atoms with Crippen LogP contribution in [0.4, 0.5) is 0 Å². The van der Waals surface area contributed by atoms with Gasteiger partial charge in [0, 0.05) is 11.4 Å². The van der Waals surface area contributed by atoms with Gasteiger partial charge in [-0.05, 0) is 31.5 Å². The van der Waals surface area contributed by atoms with Gasteiger partial charge < -0.3 is 9.47 Å². The maximum absolute atomic E-state index is 12.8. The number of aromatic nitrogens is 1. The van der Waals surface area contributed by atoms with Gasteiger partial charge in [-0.15, -0.1) is 0 Å².